The number of halogens is 1. The maximum atomic E-state index is 11.9. The molecule has 6 heteroatoms. The van der Waals surface area contributed by atoms with Crippen LogP contribution in [0.1, 0.15) is 18.5 Å². The van der Waals surface area contributed by atoms with Gasteiger partial charge in [-0.05, 0) is 24.6 Å². The highest BCUT2D eigenvalue weighted by Crippen LogP contribution is 2.22. The summed E-state index contributed by atoms with van der Waals surface area (Å²) in [5, 5.41) is 4.15. The lowest BCUT2D eigenvalue weighted by atomic mass is 10.1. The van der Waals surface area contributed by atoms with E-state index in [1.165, 1.54) is 11.8 Å². The summed E-state index contributed by atoms with van der Waals surface area (Å²) >= 11 is 7.40. The molecule has 0 spiro atoms. The van der Waals surface area contributed by atoms with E-state index in [-0.39, 0.29) is 17.7 Å². The number of thioether (sulfide) groups is 1. The predicted molar refractivity (Wildman–Crippen MR) is 80.8 cm³/mol. The molecule has 4 nitrogen and oxygen atoms in total. The Kier molecular flexibility index (Phi) is 5.38. The molecule has 0 saturated heterocycles. The third-order valence-corrected chi connectivity index (χ3v) is 3.84. The van der Waals surface area contributed by atoms with Crippen LogP contribution in [0.5, 0.6) is 0 Å². The van der Waals surface area contributed by atoms with Crippen molar-refractivity contribution in [1.82, 2.24) is 15.3 Å². The molecule has 1 aromatic heterocycles. The van der Waals surface area contributed by atoms with Gasteiger partial charge in [-0.3, -0.25) is 4.79 Å². The Morgan fingerprint density at radius 2 is 2.00 bits per heavy atom. The second-order valence-corrected chi connectivity index (χ2v) is 5.48. The van der Waals surface area contributed by atoms with Gasteiger partial charge in [-0.2, -0.15) is 0 Å². The highest BCUT2D eigenvalue weighted by atomic mass is 35.5. The number of aromatic nitrogens is 2. The molecule has 104 valence electrons. The van der Waals surface area contributed by atoms with Gasteiger partial charge in [0.25, 0.3) is 0 Å². The molecule has 0 unspecified atom stereocenters. The minimum Gasteiger partial charge on any atom is -0.349 e. The normalized spacial score (nSPS) is 11.9. The molecule has 0 aliphatic carbocycles. The molecule has 0 aliphatic heterocycles. The highest BCUT2D eigenvalue weighted by molar-refractivity contribution is 7.99. The quantitative estimate of drug-likeness (QED) is 0.681. The van der Waals surface area contributed by atoms with Gasteiger partial charge in [-0.25, -0.2) is 9.97 Å². The molecule has 0 radical (unpaired) electrons. The van der Waals surface area contributed by atoms with Crippen molar-refractivity contribution in [3.8, 4) is 0 Å². The average Bonchev–Trinajstić information content (AvgIpc) is 2.46. The van der Waals surface area contributed by atoms with E-state index < -0.39 is 0 Å². The number of carbonyl (C=O) groups excluding carboxylic acids is 1. The maximum Gasteiger partial charge on any atom is 0.230 e. The molecule has 1 aromatic carbocycles. The average molecular weight is 308 g/mol. The van der Waals surface area contributed by atoms with Crippen molar-refractivity contribution < 1.29 is 4.79 Å². The Morgan fingerprint density at radius 1 is 1.30 bits per heavy atom. The van der Waals surface area contributed by atoms with Gasteiger partial charge in [0, 0.05) is 17.4 Å². The SMILES string of the molecule is C[C@@H](NC(=O)CSc1ncccn1)c1ccccc1Cl. The van der Waals surface area contributed by atoms with Crippen molar-refractivity contribution in [2.75, 3.05) is 5.75 Å². The van der Waals surface area contributed by atoms with Gasteiger partial charge >= 0.3 is 0 Å². The first kappa shape index (κ1) is 14.8. The van der Waals surface area contributed by atoms with Crippen molar-refractivity contribution in [2.24, 2.45) is 0 Å². The van der Waals surface area contributed by atoms with E-state index >= 15 is 0 Å². The Labute approximate surface area is 127 Å². The Morgan fingerprint density at radius 3 is 2.70 bits per heavy atom. The van der Waals surface area contributed by atoms with Crippen molar-refractivity contribution in [1.29, 1.82) is 0 Å². The summed E-state index contributed by atoms with van der Waals surface area (Å²) in [6.07, 6.45) is 3.30. The molecule has 1 heterocycles. The largest absolute Gasteiger partial charge is 0.349 e. The Balaban J connectivity index is 1.87. The van der Waals surface area contributed by atoms with Gasteiger partial charge in [0.15, 0.2) is 5.16 Å². The van der Waals surface area contributed by atoms with Crippen LogP contribution in [0, 0.1) is 0 Å². The van der Waals surface area contributed by atoms with Gasteiger partial charge < -0.3 is 5.32 Å². The van der Waals surface area contributed by atoms with E-state index in [9.17, 15) is 4.79 Å². The summed E-state index contributed by atoms with van der Waals surface area (Å²) in [7, 11) is 0. The molecule has 1 N–H and O–H groups in total. The molecular weight excluding hydrogens is 294 g/mol. The number of benzene rings is 1. The van der Waals surface area contributed by atoms with Gasteiger partial charge in [0.05, 0.1) is 11.8 Å². The topological polar surface area (TPSA) is 54.9 Å². The second-order valence-electron chi connectivity index (χ2n) is 4.13. The number of hydrogen-bond acceptors (Lipinski definition) is 4. The first-order chi connectivity index (χ1) is 9.66. The number of rotatable bonds is 5. The van der Waals surface area contributed by atoms with Crippen molar-refractivity contribution in [3.63, 3.8) is 0 Å². The molecule has 0 fully saturated rings. The third-order valence-electron chi connectivity index (χ3n) is 2.62. The number of amides is 1. The lowest BCUT2D eigenvalue weighted by Crippen LogP contribution is -2.28. The van der Waals surface area contributed by atoms with Crippen molar-refractivity contribution >= 4 is 29.3 Å². The van der Waals surface area contributed by atoms with E-state index in [0.29, 0.717) is 10.2 Å². The summed E-state index contributed by atoms with van der Waals surface area (Å²) in [6, 6.07) is 9.09. The molecule has 1 atom stereocenters. The van der Waals surface area contributed by atoms with Crippen LogP contribution in [0.3, 0.4) is 0 Å². The third kappa shape index (κ3) is 4.21. The number of nitrogens with zero attached hydrogens (tertiary/aromatic N) is 2. The molecular formula is C14H14ClN3OS. The molecule has 0 saturated carbocycles. The van der Waals surface area contributed by atoms with E-state index in [0.717, 1.165) is 5.56 Å². The van der Waals surface area contributed by atoms with Crippen LogP contribution in [0.4, 0.5) is 0 Å². The first-order valence-corrected chi connectivity index (χ1v) is 7.47. The fraction of sp³-hybridized carbons (Fsp3) is 0.214. The van der Waals surface area contributed by atoms with Crippen LogP contribution in [0.25, 0.3) is 0 Å². The van der Waals surface area contributed by atoms with E-state index in [1.807, 2.05) is 31.2 Å². The van der Waals surface area contributed by atoms with Gasteiger partial charge in [0.1, 0.15) is 0 Å². The summed E-state index contributed by atoms with van der Waals surface area (Å²) in [6.45, 7) is 1.91. The van der Waals surface area contributed by atoms with Crippen LogP contribution >= 0.6 is 23.4 Å². The zero-order valence-electron chi connectivity index (χ0n) is 10.9. The van der Waals surface area contributed by atoms with Crippen molar-refractivity contribution in [3.05, 3.63) is 53.3 Å². The van der Waals surface area contributed by atoms with Gasteiger partial charge in [0.2, 0.25) is 5.91 Å². The number of hydrogen-bond donors (Lipinski definition) is 1. The molecule has 0 aliphatic rings. The van der Waals surface area contributed by atoms with Gasteiger partial charge in [-0.15, -0.1) is 0 Å². The minimum absolute atomic E-state index is 0.0742. The second kappa shape index (κ2) is 7.26. The summed E-state index contributed by atoms with van der Waals surface area (Å²) in [5.74, 6) is 0.202. The fourth-order valence-electron chi connectivity index (χ4n) is 1.68. The number of carbonyl (C=O) groups is 1. The maximum absolute atomic E-state index is 11.9. The minimum atomic E-state index is -0.131. The number of nitrogens with one attached hydrogen (secondary N) is 1. The van der Waals surface area contributed by atoms with Crippen LogP contribution in [0.2, 0.25) is 5.02 Å². The van der Waals surface area contributed by atoms with Crippen LogP contribution in [-0.4, -0.2) is 21.6 Å². The van der Waals surface area contributed by atoms with E-state index in [4.69, 9.17) is 11.6 Å². The molecule has 20 heavy (non-hydrogen) atoms. The summed E-state index contributed by atoms with van der Waals surface area (Å²) < 4.78 is 0. The van der Waals surface area contributed by atoms with Crippen LogP contribution < -0.4 is 5.32 Å². The lowest BCUT2D eigenvalue weighted by Gasteiger charge is -2.15. The van der Waals surface area contributed by atoms with E-state index in [2.05, 4.69) is 15.3 Å². The fourth-order valence-corrected chi connectivity index (χ4v) is 2.59. The molecule has 2 aromatic rings. The molecule has 1 amide bonds. The standard InChI is InChI=1S/C14H14ClN3OS/c1-10(11-5-2-3-6-12(11)15)18-13(19)9-20-14-16-7-4-8-17-14/h2-8,10H,9H2,1H3,(H,18,19)/t10-/m1/s1. The monoisotopic (exact) mass is 307 g/mol. The van der Waals surface area contributed by atoms with Crippen LogP contribution in [-0.2, 0) is 4.79 Å². The Bertz CT molecular complexity index is 580. The smallest absolute Gasteiger partial charge is 0.230 e. The summed E-state index contributed by atoms with van der Waals surface area (Å²) in [5.41, 5.74) is 0.906. The zero-order chi connectivity index (χ0) is 14.4. The highest BCUT2D eigenvalue weighted by Gasteiger charge is 2.12. The zero-order valence-corrected chi connectivity index (χ0v) is 12.5. The summed E-state index contributed by atoms with van der Waals surface area (Å²) in [4.78, 5) is 20.0. The van der Waals surface area contributed by atoms with E-state index in [1.54, 1.807) is 18.5 Å². The lowest BCUT2D eigenvalue weighted by molar-refractivity contribution is -0.119. The first-order valence-electron chi connectivity index (χ1n) is 6.10. The van der Waals surface area contributed by atoms with Gasteiger partial charge in [-0.1, -0.05) is 41.6 Å². The van der Waals surface area contributed by atoms with Crippen molar-refractivity contribution in [2.45, 2.75) is 18.1 Å². The predicted octanol–water partition coefficient (Wildman–Crippen LogP) is 3.10. The molecule has 0 bridgehead atoms. The Hall–Kier alpha value is -1.59. The molecule has 2 rings (SSSR count). The van der Waals surface area contributed by atoms with Crippen LogP contribution in [0.15, 0.2) is 47.9 Å².